The summed E-state index contributed by atoms with van der Waals surface area (Å²) in [4.78, 5) is 16.1. The maximum absolute atomic E-state index is 12.0. The first-order valence-corrected chi connectivity index (χ1v) is 8.60. The van der Waals surface area contributed by atoms with Crippen LogP contribution in [-0.4, -0.2) is 45.2 Å². The number of nitrogens with zero attached hydrogens (tertiary/aromatic N) is 1. The van der Waals surface area contributed by atoms with Crippen LogP contribution < -0.4 is 16.0 Å². The number of halogens is 1. The molecule has 0 unspecified atom stereocenters. The number of amides is 1. The van der Waals surface area contributed by atoms with E-state index in [1.807, 2.05) is 31.2 Å². The Morgan fingerprint density at radius 2 is 2.00 bits per heavy atom. The lowest BCUT2D eigenvalue weighted by atomic mass is 10.1. The summed E-state index contributed by atoms with van der Waals surface area (Å²) in [5, 5.41) is 9.09. The number of rotatable bonds is 10. The van der Waals surface area contributed by atoms with Gasteiger partial charge in [0.1, 0.15) is 0 Å². The number of aliphatic imine (C=N–C) groups is 1. The van der Waals surface area contributed by atoms with Crippen molar-refractivity contribution >= 4 is 41.5 Å². The van der Waals surface area contributed by atoms with E-state index in [1.165, 1.54) is 5.56 Å². The molecule has 0 fully saturated rings. The largest absolute Gasteiger partial charge is 0.382 e. The Hall–Kier alpha value is -1.35. The van der Waals surface area contributed by atoms with Crippen molar-refractivity contribution in [2.45, 2.75) is 33.1 Å². The van der Waals surface area contributed by atoms with Gasteiger partial charge in [0, 0.05) is 32.5 Å². The first-order chi connectivity index (χ1) is 11.7. The molecule has 6 nitrogen and oxygen atoms in total. The first-order valence-electron chi connectivity index (χ1n) is 8.60. The molecular weight excluding hydrogens is 431 g/mol. The fraction of sp³-hybridized carbons (Fsp3) is 0.556. The minimum atomic E-state index is -0.0949. The number of guanidine groups is 1. The highest BCUT2D eigenvalue weighted by Crippen LogP contribution is 2.10. The van der Waals surface area contributed by atoms with Crippen LogP contribution in [0.4, 0.5) is 5.69 Å². The average Bonchev–Trinajstić information content (AvgIpc) is 2.60. The number of hydrogen-bond acceptors (Lipinski definition) is 3. The van der Waals surface area contributed by atoms with Gasteiger partial charge in [-0.3, -0.25) is 9.79 Å². The second kappa shape index (κ2) is 14.9. The predicted octanol–water partition coefficient (Wildman–Crippen LogP) is 2.79. The van der Waals surface area contributed by atoms with Crippen LogP contribution >= 0.6 is 24.0 Å². The Kier molecular flexibility index (Phi) is 14.1. The Morgan fingerprint density at radius 1 is 1.20 bits per heavy atom. The summed E-state index contributed by atoms with van der Waals surface area (Å²) >= 11 is 0. The quantitative estimate of drug-likeness (QED) is 0.216. The zero-order chi connectivity index (χ0) is 17.6. The summed E-state index contributed by atoms with van der Waals surface area (Å²) in [6.07, 6.45) is 2.95. The standard InChI is InChI=1S/C18H30N4O2.HI/c1-4-15-9-8-10-16(13-15)22-17(23)14-21-18(19-3)20-11-6-7-12-24-5-2;/h8-10,13H,4-7,11-12,14H2,1-3H3,(H,22,23)(H2,19,20,21);1H. The highest BCUT2D eigenvalue weighted by atomic mass is 127. The molecule has 0 aliphatic carbocycles. The Balaban J connectivity index is 0.00000576. The second-order valence-corrected chi connectivity index (χ2v) is 5.36. The van der Waals surface area contributed by atoms with Crippen LogP contribution in [0.3, 0.4) is 0 Å². The predicted molar refractivity (Wildman–Crippen MR) is 115 cm³/mol. The van der Waals surface area contributed by atoms with Gasteiger partial charge in [-0.1, -0.05) is 19.1 Å². The van der Waals surface area contributed by atoms with Crippen molar-refractivity contribution in [3.63, 3.8) is 0 Å². The lowest BCUT2D eigenvalue weighted by Gasteiger charge is -2.12. The molecule has 0 atom stereocenters. The average molecular weight is 462 g/mol. The first kappa shape index (κ1) is 23.6. The molecular formula is C18H31IN4O2. The summed E-state index contributed by atoms with van der Waals surface area (Å²) < 4.78 is 5.29. The molecule has 0 saturated heterocycles. The third-order valence-electron chi connectivity index (χ3n) is 3.47. The van der Waals surface area contributed by atoms with Crippen LogP contribution in [-0.2, 0) is 16.0 Å². The van der Waals surface area contributed by atoms with Crippen molar-refractivity contribution < 1.29 is 9.53 Å². The zero-order valence-electron chi connectivity index (χ0n) is 15.4. The van der Waals surface area contributed by atoms with E-state index in [9.17, 15) is 4.79 Å². The maximum Gasteiger partial charge on any atom is 0.243 e. The smallest absolute Gasteiger partial charge is 0.243 e. The molecule has 0 aromatic heterocycles. The molecule has 0 radical (unpaired) electrons. The van der Waals surface area contributed by atoms with Gasteiger partial charge in [-0.25, -0.2) is 0 Å². The number of carbonyl (C=O) groups excluding carboxylic acids is 1. The van der Waals surface area contributed by atoms with Crippen LogP contribution in [0.1, 0.15) is 32.3 Å². The van der Waals surface area contributed by atoms with Gasteiger partial charge in [-0.2, -0.15) is 0 Å². The van der Waals surface area contributed by atoms with Crippen molar-refractivity contribution in [3.8, 4) is 0 Å². The molecule has 25 heavy (non-hydrogen) atoms. The molecule has 1 rings (SSSR count). The number of benzene rings is 1. The molecule has 0 spiro atoms. The van der Waals surface area contributed by atoms with Gasteiger partial charge in [0.2, 0.25) is 5.91 Å². The normalized spacial score (nSPS) is 10.8. The lowest BCUT2D eigenvalue weighted by molar-refractivity contribution is -0.115. The number of carbonyl (C=O) groups is 1. The highest BCUT2D eigenvalue weighted by molar-refractivity contribution is 14.0. The van der Waals surface area contributed by atoms with Crippen LogP contribution in [0.2, 0.25) is 0 Å². The second-order valence-electron chi connectivity index (χ2n) is 5.36. The monoisotopic (exact) mass is 462 g/mol. The SMILES string of the molecule is CCOCCCCNC(=NC)NCC(=O)Nc1cccc(CC)c1.I. The molecule has 3 N–H and O–H groups in total. The maximum atomic E-state index is 12.0. The van der Waals surface area contributed by atoms with Crippen molar-refractivity contribution in [1.29, 1.82) is 0 Å². The third kappa shape index (κ3) is 11.0. The van der Waals surface area contributed by atoms with Gasteiger partial charge in [0.05, 0.1) is 6.54 Å². The Labute approximate surface area is 168 Å². The number of ether oxygens (including phenoxy) is 1. The number of nitrogens with one attached hydrogen (secondary N) is 3. The molecule has 0 aliphatic heterocycles. The van der Waals surface area contributed by atoms with Crippen LogP contribution in [0.15, 0.2) is 29.3 Å². The van der Waals surface area contributed by atoms with Crippen LogP contribution in [0.5, 0.6) is 0 Å². The van der Waals surface area contributed by atoms with Gasteiger partial charge < -0.3 is 20.7 Å². The number of aryl methyl sites for hydroxylation is 1. The van der Waals surface area contributed by atoms with E-state index in [4.69, 9.17) is 4.74 Å². The lowest BCUT2D eigenvalue weighted by Crippen LogP contribution is -2.41. The molecule has 0 aliphatic rings. The van der Waals surface area contributed by atoms with Gasteiger partial charge in [0.15, 0.2) is 5.96 Å². The van der Waals surface area contributed by atoms with E-state index in [2.05, 4.69) is 27.9 Å². The summed E-state index contributed by atoms with van der Waals surface area (Å²) in [5.74, 6) is 0.534. The van der Waals surface area contributed by atoms with Crippen molar-refractivity contribution in [1.82, 2.24) is 10.6 Å². The van der Waals surface area contributed by atoms with Gasteiger partial charge in [-0.15, -0.1) is 24.0 Å². The number of hydrogen-bond donors (Lipinski definition) is 3. The van der Waals surface area contributed by atoms with E-state index >= 15 is 0 Å². The van der Waals surface area contributed by atoms with E-state index in [1.54, 1.807) is 7.05 Å². The van der Waals surface area contributed by atoms with E-state index in [0.29, 0.717) is 5.96 Å². The minimum absolute atomic E-state index is 0. The summed E-state index contributed by atoms with van der Waals surface area (Å²) in [6, 6.07) is 7.88. The molecule has 0 saturated carbocycles. The molecule has 0 bridgehead atoms. The highest BCUT2D eigenvalue weighted by Gasteiger charge is 2.04. The van der Waals surface area contributed by atoms with Crippen molar-refractivity contribution in [2.24, 2.45) is 4.99 Å². The van der Waals surface area contributed by atoms with Crippen molar-refractivity contribution in [3.05, 3.63) is 29.8 Å². The molecule has 142 valence electrons. The van der Waals surface area contributed by atoms with E-state index in [-0.39, 0.29) is 36.4 Å². The molecule has 7 heteroatoms. The summed E-state index contributed by atoms with van der Waals surface area (Å²) in [6.45, 7) is 6.60. The van der Waals surface area contributed by atoms with Crippen LogP contribution in [0, 0.1) is 0 Å². The zero-order valence-corrected chi connectivity index (χ0v) is 17.8. The fourth-order valence-corrected chi connectivity index (χ4v) is 2.14. The number of anilines is 1. The summed E-state index contributed by atoms with van der Waals surface area (Å²) in [5.41, 5.74) is 2.02. The minimum Gasteiger partial charge on any atom is -0.382 e. The Bertz CT molecular complexity index is 524. The third-order valence-corrected chi connectivity index (χ3v) is 3.47. The van der Waals surface area contributed by atoms with Gasteiger partial charge in [-0.05, 0) is 43.9 Å². The van der Waals surface area contributed by atoms with E-state index in [0.717, 1.165) is 44.7 Å². The molecule has 1 aromatic carbocycles. The molecule has 0 heterocycles. The van der Waals surface area contributed by atoms with Gasteiger partial charge >= 0.3 is 0 Å². The van der Waals surface area contributed by atoms with Gasteiger partial charge in [0.25, 0.3) is 0 Å². The van der Waals surface area contributed by atoms with Crippen LogP contribution in [0.25, 0.3) is 0 Å². The fourth-order valence-electron chi connectivity index (χ4n) is 2.14. The topological polar surface area (TPSA) is 74.8 Å². The molecule has 1 amide bonds. The number of unbranched alkanes of at least 4 members (excludes halogenated alkanes) is 1. The van der Waals surface area contributed by atoms with Crippen molar-refractivity contribution in [2.75, 3.05) is 38.7 Å². The van der Waals surface area contributed by atoms with E-state index < -0.39 is 0 Å². The molecule has 1 aromatic rings. The Morgan fingerprint density at radius 3 is 2.68 bits per heavy atom. The summed E-state index contributed by atoms with van der Waals surface area (Å²) in [7, 11) is 1.69.